The van der Waals surface area contributed by atoms with Gasteiger partial charge in [0, 0.05) is 0 Å². The van der Waals surface area contributed by atoms with Crippen molar-refractivity contribution in [2.75, 3.05) is 6.61 Å². The zero-order valence-corrected chi connectivity index (χ0v) is 22.2. The normalized spacial score (nSPS) is 11.5. The summed E-state index contributed by atoms with van der Waals surface area (Å²) in [6, 6.07) is 28.2. The molecule has 0 spiro atoms. The second-order valence-corrected chi connectivity index (χ2v) is 14.8. The van der Waals surface area contributed by atoms with Crippen LogP contribution in [0.15, 0.2) is 72.8 Å². The van der Waals surface area contributed by atoms with Crippen molar-refractivity contribution in [3.05, 3.63) is 72.8 Å². The average Bonchev–Trinajstić information content (AvgIpc) is 2.85. The lowest BCUT2D eigenvalue weighted by atomic mass is 10.0. The van der Waals surface area contributed by atoms with E-state index in [2.05, 4.69) is 99.7 Å². The fraction of sp³-hybridized carbons (Fsp3) is 0.419. The Balaban J connectivity index is 1.59. The van der Waals surface area contributed by atoms with Crippen molar-refractivity contribution in [1.29, 1.82) is 0 Å². The van der Waals surface area contributed by atoms with Gasteiger partial charge in [0.1, 0.15) is 5.75 Å². The van der Waals surface area contributed by atoms with Gasteiger partial charge >= 0.3 is 0 Å². The van der Waals surface area contributed by atoms with Gasteiger partial charge in [-0.2, -0.15) is 0 Å². The van der Waals surface area contributed by atoms with E-state index in [1.807, 2.05) is 0 Å². The van der Waals surface area contributed by atoms with Gasteiger partial charge in [-0.05, 0) is 40.8 Å². The van der Waals surface area contributed by atoms with Gasteiger partial charge in [-0.1, -0.05) is 137 Å². The smallest absolute Gasteiger partial charge is 0.119 e. The molecule has 0 saturated carbocycles. The van der Waals surface area contributed by atoms with Crippen LogP contribution in [0, 0.1) is 0 Å². The van der Waals surface area contributed by atoms with E-state index in [0.717, 1.165) is 18.8 Å². The molecule has 0 N–H and O–H groups in total. The number of unbranched alkanes of at least 4 members (excludes halogenated alkanes) is 5. The van der Waals surface area contributed by atoms with Gasteiger partial charge in [-0.3, -0.25) is 0 Å². The molecule has 0 bridgehead atoms. The molecule has 0 amide bonds. The Morgan fingerprint density at radius 1 is 0.545 bits per heavy atom. The van der Waals surface area contributed by atoms with Crippen LogP contribution >= 0.6 is 0 Å². The van der Waals surface area contributed by atoms with Crippen LogP contribution in [0.4, 0.5) is 0 Å². The summed E-state index contributed by atoms with van der Waals surface area (Å²) in [6.07, 6.45) is 8.97. The minimum absolute atomic E-state index is 0.811. The third-order valence-electron chi connectivity index (χ3n) is 6.74. The molecule has 0 aromatic heterocycles. The summed E-state index contributed by atoms with van der Waals surface area (Å²) in [5.74, 6) is 0.966. The van der Waals surface area contributed by atoms with E-state index in [4.69, 9.17) is 4.74 Å². The zero-order valence-electron chi connectivity index (χ0n) is 21.2. The van der Waals surface area contributed by atoms with Gasteiger partial charge < -0.3 is 4.74 Å². The molecule has 3 aromatic rings. The highest BCUT2D eigenvalue weighted by Gasteiger charge is 2.22. The maximum Gasteiger partial charge on any atom is 0.119 e. The molecule has 2 heteroatoms. The van der Waals surface area contributed by atoms with Crippen molar-refractivity contribution < 1.29 is 4.74 Å². The minimum atomic E-state index is -1.32. The van der Waals surface area contributed by atoms with E-state index in [1.54, 1.807) is 5.19 Å². The number of hydrogen-bond donors (Lipinski definition) is 0. The average molecular weight is 459 g/mol. The van der Waals surface area contributed by atoms with Crippen LogP contribution in [0.2, 0.25) is 19.1 Å². The molecular formula is C31H42OSi. The zero-order chi connectivity index (χ0) is 23.5. The summed E-state index contributed by atoms with van der Waals surface area (Å²) in [5.41, 5.74) is 5.06. The maximum atomic E-state index is 5.88. The second-order valence-electron chi connectivity index (χ2n) is 9.93. The van der Waals surface area contributed by atoms with Gasteiger partial charge in [0.2, 0.25) is 0 Å². The van der Waals surface area contributed by atoms with Crippen molar-refractivity contribution in [2.45, 2.75) is 77.9 Å². The summed E-state index contributed by atoms with van der Waals surface area (Å²) >= 11 is 0. The lowest BCUT2D eigenvalue weighted by Gasteiger charge is -2.23. The quantitative estimate of drug-likeness (QED) is 0.183. The number of ether oxygens (including phenoxy) is 1. The highest BCUT2D eigenvalue weighted by molar-refractivity contribution is 6.89. The molecule has 3 rings (SSSR count). The molecule has 176 valence electrons. The largest absolute Gasteiger partial charge is 0.494 e. The maximum absolute atomic E-state index is 5.88. The summed E-state index contributed by atoms with van der Waals surface area (Å²) in [7, 11) is -1.32. The molecule has 0 unspecified atom stereocenters. The lowest BCUT2D eigenvalue weighted by molar-refractivity contribution is 0.305. The first-order valence-electron chi connectivity index (χ1n) is 13.0. The Bertz CT molecular complexity index is 940. The number of hydrogen-bond acceptors (Lipinski definition) is 1. The minimum Gasteiger partial charge on any atom is -0.494 e. The van der Waals surface area contributed by atoms with Crippen molar-refractivity contribution in [3.8, 4) is 28.0 Å². The topological polar surface area (TPSA) is 9.23 Å². The molecular weight excluding hydrogens is 416 g/mol. The standard InChI is InChI=1S/C31H42OSi/c1-5-7-9-10-24-32-30-20-16-28(17-21-30)26-12-14-27(15-13-26)29-18-22-31(23-19-29)33(3,4)25-11-8-6-2/h12-23H,5-11,24-25H2,1-4H3. The van der Waals surface area contributed by atoms with Crippen LogP contribution in [-0.4, -0.2) is 14.7 Å². The van der Waals surface area contributed by atoms with E-state index < -0.39 is 8.07 Å². The molecule has 0 radical (unpaired) electrons. The Morgan fingerprint density at radius 3 is 1.52 bits per heavy atom. The molecule has 0 aliphatic carbocycles. The highest BCUT2D eigenvalue weighted by atomic mass is 28.3. The van der Waals surface area contributed by atoms with Crippen LogP contribution in [0.5, 0.6) is 5.75 Å². The van der Waals surface area contributed by atoms with Gasteiger partial charge in [-0.15, -0.1) is 0 Å². The van der Waals surface area contributed by atoms with Crippen LogP contribution in [0.3, 0.4) is 0 Å². The summed E-state index contributed by atoms with van der Waals surface area (Å²) < 4.78 is 5.88. The van der Waals surface area contributed by atoms with Crippen LogP contribution < -0.4 is 9.92 Å². The summed E-state index contributed by atoms with van der Waals surface area (Å²) in [5, 5.41) is 1.58. The van der Waals surface area contributed by atoms with E-state index in [1.165, 1.54) is 66.8 Å². The van der Waals surface area contributed by atoms with Crippen LogP contribution in [-0.2, 0) is 0 Å². The van der Waals surface area contributed by atoms with Gasteiger partial charge in [0.15, 0.2) is 0 Å². The van der Waals surface area contributed by atoms with Crippen molar-refractivity contribution in [3.63, 3.8) is 0 Å². The van der Waals surface area contributed by atoms with E-state index in [0.29, 0.717) is 0 Å². The Labute approximate surface area is 203 Å². The van der Waals surface area contributed by atoms with Crippen molar-refractivity contribution >= 4 is 13.3 Å². The predicted molar refractivity (Wildman–Crippen MR) is 148 cm³/mol. The summed E-state index contributed by atoms with van der Waals surface area (Å²) in [6.45, 7) is 10.4. The Hall–Kier alpha value is -2.32. The van der Waals surface area contributed by atoms with E-state index >= 15 is 0 Å². The van der Waals surface area contributed by atoms with Crippen LogP contribution in [0.1, 0.15) is 58.8 Å². The molecule has 3 aromatic carbocycles. The van der Waals surface area contributed by atoms with Gasteiger partial charge in [0.25, 0.3) is 0 Å². The Morgan fingerprint density at radius 2 is 1.00 bits per heavy atom. The molecule has 0 aliphatic rings. The van der Waals surface area contributed by atoms with Gasteiger partial charge in [0.05, 0.1) is 14.7 Å². The number of benzene rings is 3. The predicted octanol–water partition coefficient (Wildman–Crippen LogP) is 9.09. The SMILES string of the molecule is CCCCCCOc1ccc(-c2ccc(-c3ccc([Si](C)(C)CCCCC)cc3)cc2)cc1. The number of rotatable bonds is 13. The molecule has 0 heterocycles. The summed E-state index contributed by atoms with van der Waals surface area (Å²) in [4.78, 5) is 0. The molecule has 33 heavy (non-hydrogen) atoms. The van der Waals surface area contributed by atoms with Crippen LogP contribution in [0.25, 0.3) is 22.3 Å². The third kappa shape index (κ3) is 7.60. The monoisotopic (exact) mass is 458 g/mol. The fourth-order valence-corrected chi connectivity index (χ4v) is 6.88. The molecule has 1 nitrogen and oxygen atoms in total. The highest BCUT2D eigenvalue weighted by Crippen LogP contribution is 2.27. The molecule has 0 saturated heterocycles. The van der Waals surface area contributed by atoms with Crippen molar-refractivity contribution in [2.24, 2.45) is 0 Å². The van der Waals surface area contributed by atoms with Crippen molar-refractivity contribution in [1.82, 2.24) is 0 Å². The molecule has 0 aliphatic heterocycles. The lowest BCUT2D eigenvalue weighted by Crippen LogP contribution is -2.40. The third-order valence-corrected chi connectivity index (χ3v) is 10.2. The van der Waals surface area contributed by atoms with E-state index in [-0.39, 0.29) is 0 Å². The first-order valence-corrected chi connectivity index (χ1v) is 16.2. The first kappa shape index (κ1) is 25.3. The molecule has 0 fully saturated rings. The fourth-order valence-electron chi connectivity index (χ4n) is 4.39. The Kier molecular flexibility index (Phi) is 9.81. The molecule has 0 atom stereocenters. The first-order chi connectivity index (χ1) is 16.0. The van der Waals surface area contributed by atoms with E-state index in [9.17, 15) is 0 Å². The van der Waals surface area contributed by atoms with Gasteiger partial charge in [-0.25, -0.2) is 0 Å². The second kappa shape index (κ2) is 12.8.